The minimum atomic E-state index is -0.169. The van der Waals surface area contributed by atoms with Crippen molar-refractivity contribution in [2.24, 2.45) is 0 Å². The molecule has 15 heavy (non-hydrogen) atoms. The fraction of sp³-hybridized carbons (Fsp3) is 0.364. The molecule has 2 nitrogen and oxygen atoms in total. The zero-order chi connectivity index (χ0) is 11.3. The van der Waals surface area contributed by atoms with Crippen LogP contribution in [0, 0.1) is 0 Å². The summed E-state index contributed by atoms with van der Waals surface area (Å²) in [6.07, 6.45) is 2.05. The Kier molecular flexibility index (Phi) is 4.99. The standard InChI is InChI=1S/C11H14ClNOS/c1-8(15-2)9-5-3-4-6-10(9)13-11(14)7-12/h3-6,8H,7H2,1-2H3,(H,13,14). The predicted molar refractivity (Wildman–Crippen MR) is 67.7 cm³/mol. The molecule has 0 aromatic heterocycles. The van der Waals surface area contributed by atoms with Gasteiger partial charge in [-0.15, -0.1) is 11.6 Å². The second-order valence-electron chi connectivity index (χ2n) is 3.15. The number of alkyl halides is 1. The highest BCUT2D eigenvalue weighted by Crippen LogP contribution is 2.31. The summed E-state index contributed by atoms with van der Waals surface area (Å²) < 4.78 is 0. The van der Waals surface area contributed by atoms with Crippen LogP contribution in [0.1, 0.15) is 17.7 Å². The van der Waals surface area contributed by atoms with Gasteiger partial charge in [-0.25, -0.2) is 0 Å². The van der Waals surface area contributed by atoms with Crippen LogP contribution in [0.4, 0.5) is 5.69 Å². The summed E-state index contributed by atoms with van der Waals surface area (Å²) in [6.45, 7) is 2.11. The first-order valence-corrected chi connectivity index (χ1v) is 6.48. The lowest BCUT2D eigenvalue weighted by Crippen LogP contribution is -2.14. The number of benzene rings is 1. The number of hydrogen-bond acceptors (Lipinski definition) is 2. The summed E-state index contributed by atoms with van der Waals surface area (Å²) >= 11 is 7.19. The second-order valence-corrected chi connectivity index (χ2v) is 4.59. The first-order valence-electron chi connectivity index (χ1n) is 4.66. The van der Waals surface area contributed by atoms with Crippen LogP contribution >= 0.6 is 23.4 Å². The first-order chi connectivity index (χ1) is 7.19. The third kappa shape index (κ3) is 3.43. The van der Waals surface area contributed by atoms with E-state index in [-0.39, 0.29) is 11.8 Å². The van der Waals surface area contributed by atoms with Gasteiger partial charge in [-0.1, -0.05) is 18.2 Å². The maximum Gasteiger partial charge on any atom is 0.239 e. The van der Waals surface area contributed by atoms with Crippen molar-refractivity contribution in [1.82, 2.24) is 0 Å². The van der Waals surface area contributed by atoms with Crippen LogP contribution in [0.3, 0.4) is 0 Å². The lowest BCUT2D eigenvalue weighted by Gasteiger charge is -2.14. The molecule has 1 unspecified atom stereocenters. The van der Waals surface area contributed by atoms with E-state index in [4.69, 9.17) is 11.6 Å². The molecule has 0 bridgehead atoms. The molecule has 0 aliphatic heterocycles. The number of amides is 1. The van der Waals surface area contributed by atoms with Crippen molar-refractivity contribution in [3.05, 3.63) is 29.8 Å². The minimum Gasteiger partial charge on any atom is -0.325 e. The molecule has 1 N–H and O–H groups in total. The number of nitrogens with one attached hydrogen (secondary N) is 1. The molecule has 0 saturated heterocycles. The average molecular weight is 244 g/mol. The van der Waals surface area contributed by atoms with Gasteiger partial charge in [0.2, 0.25) is 5.91 Å². The van der Waals surface area contributed by atoms with Crippen molar-refractivity contribution in [3.8, 4) is 0 Å². The van der Waals surface area contributed by atoms with E-state index in [1.54, 1.807) is 11.8 Å². The number of carbonyl (C=O) groups excluding carboxylic acids is 1. The van der Waals surface area contributed by atoms with E-state index >= 15 is 0 Å². The monoisotopic (exact) mass is 243 g/mol. The number of thioether (sulfide) groups is 1. The van der Waals surface area contributed by atoms with Crippen molar-refractivity contribution >= 4 is 35.0 Å². The number of carbonyl (C=O) groups is 1. The van der Waals surface area contributed by atoms with Crippen LogP contribution in [-0.4, -0.2) is 18.0 Å². The molecule has 1 atom stereocenters. The molecule has 4 heteroatoms. The van der Waals surface area contributed by atoms with Crippen LogP contribution < -0.4 is 5.32 Å². The van der Waals surface area contributed by atoms with Crippen LogP contribution in [0.15, 0.2) is 24.3 Å². The maximum atomic E-state index is 11.2. The molecule has 1 aromatic carbocycles. The summed E-state index contributed by atoms with van der Waals surface area (Å²) in [5, 5.41) is 3.15. The van der Waals surface area contributed by atoms with Gasteiger partial charge in [-0.3, -0.25) is 4.79 Å². The van der Waals surface area contributed by atoms with Gasteiger partial charge in [0.15, 0.2) is 0 Å². The average Bonchev–Trinajstić information content (AvgIpc) is 2.28. The highest BCUT2D eigenvalue weighted by molar-refractivity contribution is 7.98. The van der Waals surface area contributed by atoms with Gasteiger partial charge in [0, 0.05) is 10.9 Å². The topological polar surface area (TPSA) is 29.1 Å². The first kappa shape index (κ1) is 12.4. The Labute approximate surface area is 99.4 Å². The van der Waals surface area contributed by atoms with Crippen LogP contribution in [0.5, 0.6) is 0 Å². The molecule has 1 amide bonds. The fourth-order valence-corrected chi connectivity index (χ4v) is 1.80. The number of halogens is 1. The molecule has 1 aromatic rings. The van der Waals surface area contributed by atoms with Crippen molar-refractivity contribution in [3.63, 3.8) is 0 Å². The largest absolute Gasteiger partial charge is 0.325 e. The van der Waals surface area contributed by atoms with Gasteiger partial charge in [-0.05, 0) is 24.8 Å². The zero-order valence-electron chi connectivity index (χ0n) is 8.79. The molecule has 0 saturated carbocycles. The van der Waals surface area contributed by atoms with E-state index in [1.165, 1.54) is 0 Å². The van der Waals surface area contributed by atoms with Gasteiger partial charge < -0.3 is 5.32 Å². The molecule has 0 spiro atoms. The Morgan fingerprint density at radius 3 is 2.80 bits per heavy atom. The summed E-state index contributed by atoms with van der Waals surface area (Å²) in [6, 6.07) is 7.79. The fourth-order valence-electron chi connectivity index (χ4n) is 1.28. The van der Waals surface area contributed by atoms with Gasteiger partial charge in [0.05, 0.1) is 0 Å². The molecule has 82 valence electrons. The molecule has 1 rings (SSSR count). The van der Waals surface area contributed by atoms with Crippen LogP contribution in [0.2, 0.25) is 0 Å². The highest BCUT2D eigenvalue weighted by Gasteiger charge is 2.10. The number of hydrogen-bond donors (Lipinski definition) is 1. The van der Waals surface area contributed by atoms with Gasteiger partial charge in [-0.2, -0.15) is 11.8 Å². The van der Waals surface area contributed by atoms with E-state index in [1.807, 2.05) is 30.5 Å². The molecule has 0 aliphatic carbocycles. The summed E-state index contributed by atoms with van der Waals surface area (Å²) in [7, 11) is 0. The predicted octanol–water partition coefficient (Wildman–Crippen LogP) is 3.29. The minimum absolute atomic E-state index is 0.0119. The van der Waals surface area contributed by atoms with E-state index < -0.39 is 0 Å². The lowest BCUT2D eigenvalue weighted by atomic mass is 10.1. The van der Waals surface area contributed by atoms with Crippen LogP contribution in [0.25, 0.3) is 0 Å². The van der Waals surface area contributed by atoms with E-state index in [0.717, 1.165) is 11.3 Å². The Balaban J connectivity index is 2.91. The van der Waals surface area contributed by atoms with Crippen molar-refractivity contribution in [2.45, 2.75) is 12.2 Å². The van der Waals surface area contributed by atoms with E-state index in [0.29, 0.717) is 5.25 Å². The highest BCUT2D eigenvalue weighted by atomic mass is 35.5. The normalized spacial score (nSPS) is 12.2. The van der Waals surface area contributed by atoms with Gasteiger partial charge in [0.25, 0.3) is 0 Å². The molecule has 0 heterocycles. The lowest BCUT2D eigenvalue weighted by molar-refractivity contribution is -0.113. The number of para-hydroxylation sites is 1. The molecular weight excluding hydrogens is 230 g/mol. The Morgan fingerprint density at radius 2 is 2.20 bits per heavy atom. The molecule has 0 aliphatic rings. The summed E-state index contributed by atoms with van der Waals surface area (Å²) in [5.74, 6) is -0.181. The molecule has 0 radical (unpaired) electrons. The van der Waals surface area contributed by atoms with Crippen molar-refractivity contribution in [1.29, 1.82) is 0 Å². The van der Waals surface area contributed by atoms with Crippen LogP contribution in [-0.2, 0) is 4.79 Å². The van der Waals surface area contributed by atoms with Gasteiger partial charge in [0.1, 0.15) is 5.88 Å². The Bertz CT molecular complexity index is 343. The third-order valence-electron chi connectivity index (χ3n) is 2.15. The van der Waals surface area contributed by atoms with Gasteiger partial charge >= 0.3 is 0 Å². The van der Waals surface area contributed by atoms with Crippen molar-refractivity contribution < 1.29 is 4.79 Å². The maximum absolute atomic E-state index is 11.2. The van der Waals surface area contributed by atoms with E-state index in [2.05, 4.69) is 12.2 Å². The van der Waals surface area contributed by atoms with E-state index in [9.17, 15) is 4.79 Å². The Hall–Kier alpha value is -0.670. The SMILES string of the molecule is CSC(C)c1ccccc1NC(=O)CCl. The Morgan fingerprint density at radius 1 is 1.53 bits per heavy atom. The zero-order valence-corrected chi connectivity index (χ0v) is 10.4. The smallest absolute Gasteiger partial charge is 0.239 e. The molecular formula is C11H14ClNOS. The second kappa shape index (κ2) is 6.03. The number of anilines is 1. The quantitative estimate of drug-likeness (QED) is 0.823. The third-order valence-corrected chi connectivity index (χ3v) is 3.35. The summed E-state index contributed by atoms with van der Waals surface area (Å²) in [5.41, 5.74) is 1.98. The molecule has 0 fully saturated rings. The number of rotatable bonds is 4. The van der Waals surface area contributed by atoms with Crippen molar-refractivity contribution in [2.75, 3.05) is 17.5 Å². The summed E-state index contributed by atoms with van der Waals surface area (Å²) in [4.78, 5) is 11.2.